The molecule has 0 aromatic rings. The van der Waals surface area contributed by atoms with Crippen LogP contribution in [0, 0.1) is 0 Å². The second-order valence-corrected chi connectivity index (χ2v) is 7.67. The second kappa shape index (κ2) is 12.6. The molecule has 0 rings (SSSR count). The minimum absolute atomic E-state index is 0.162. The first-order chi connectivity index (χ1) is 12.7. The maximum atomic E-state index is 11.9. The van der Waals surface area contributed by atoms with Crippen LogP contribution in [0.15, 0.2) is 12.3 Å². The maximum Gasteiger partial charge on any atom is 0.531 e. The van der Waals surface area contributed by atoms with Gasteiger partial charge in [-0.3, -0.25) is 0 Å². The van der Waals surface area contributed by atoms with Crippen molar-refractivity contribution in [1.29, 1.82) is 0 Å². The van der Waals surface area contributed by atoms with Gasteiger partial charge in [-0.15, -0.1) is 0 Å². The summed E-state index contributed by atoms with van der Waals surface area (Å²) in [6.45, 7) is 13.4. The summed E-state index contributed by atoms with van der Waals surface area (Å²) in [7, 11) is -3.87. The molecule has 9 nitrogen and oxygen atoms in total. The third-order valence-corrected chi connectivity index (χ3v) is 5.67. The lowest BCUT2D eigenvalue weighted by molar-refractivity contribution is -0.160. The van der Waals surface area contributed by atoms with E-state index in [0.717, 1.165) is 0 Å². The van der Waals surface area contributed by atoms with Gasteiger partial charge in [0.15, 0.2) is 0 Å². The molecule has 0 amide bonds. The van der Waals surface area contributed by atoms with Gasteiger partial charge >= 0.3 is 26.7 Å². The van der Waals surface area contributed by atoms with Gasteiger partial charge in [-0.1, -0.05) is 6.58 Å². The number of carbonyl (C=O) groups is 3. The predicted molar refractivity (Wildman–Crippen MR) is 97.5 cm³/mol. The fourth-order valence-electron chi connectivity index (χ4n) is 1.89. The molecule has 0 aromatic carbocycles. The van der Waals surface area contributed by atoms with Crippen molar-refractivity contribution in [2.75, 3.05) is 19.8 Å². The van der Waals surface area contributed by atoms with Crippen molar-refractivity contribution >= 4 is 26.7 Å². The SMILES string of the molecule is C=C[Si](OC(C)C(=O)OCC)(OC(C)C(=O)OCC)OC(C)C(=O)OCC. The Morgan fingerprint density at radius 2 is 1.00 bits per heavy atom. The van der Waals surface area contributed by atoms with Crippen LogP contribution in [0.2, 0.25) is 0 Å². The van der Waals surface area contributed by atoms with E-state index in [4.69, 9.17) is 27.5 Å². The van der Waals surface area contributed by atoms with E-state index < -0.39 is 45.0 Å². The van der Waals surface area contributed by atoms with E-state index in [9.17, 15) is 14.4 Å². The number of carbonyl (C=O) groups excluding carboxylic acids is 3. The Labute approximate surface area is 161 Å². The van der Waals surface area contributed by atoms with Crippen LogP contribution >= 0.6 is 0 Å². The van der Waals surface area contributed by atoms with Crippen molar-refractivity contribution < 1.29 is 41.9 Å². The molecule has 156 valence electrons. The average Bonchev–Trinajstić information content (AvgIpc) is 2.61. The number of ether oxygens (including phenoxy) is 3. The monoisotopic (exact) mass is 406 g/mol. The summed E-state index contributed by atoms with van der Waals surface area (Å²) in [6, 6.07) is 0. The molecule has 0 radical (unpaired) electrons. The van der Waals surface area contributed by atoms with Crippen LogP contribution in [0.5, 0.6) is 0 Å². The summed E-state index contributed by atoms with van der Waals surface area (Å²) in [5.74, 6) is -1.93. The smallest absolute Gasteiger partial charge is 0.464 e. The Morgan fingerprint density at radius 1 is 0.741 bits per heavy atom. The van der Waals surface area contributed by atoms with Crippen LogP contribution in [0.3, 0.4) is 0 Å². The van der Waals surface area contributed by atoms with E-state index in [2.05, 4.69) is 6.58 Å². The van der Waals surface area contributed by atoms with Crippen LogP contribution in [0.4, 0.5) is 0 Å². The van der Waals surface area contributed by atoms with Gasteiger partial charge in [0, 0.05) is 0 Å². The molecule has 10 heteroatoms. The second-order valence-electron chi connectivity index (χ2n) is 5.34. The molecule has 0 spiro atoms. The summed E-state index contributed by atoms with van der Waals surface area (Å²) >= 11 is 0. The van der Waals surface area contributed by atoms with E-state index in [1.165, 1.54) is 26.5 Å². The molecule has 0 saturated carbocycles. The summed E-state index contributed by atoms with van der Waals surface area (Å²) in [6.07, 6.45) is -3.21. The Bertz CT molecular complexity index is 444. The zero-order valence-corrected chi connectivity index (χ0v) is 17.8. The van der Waals surface area contributed by atoms with Crippen molar-refractivity contribution in [2.45, 2.75) is 59.9 Å². The summed E-state index contributed by atoms with van der Waals surface area (Å²) in [5.41, 5.74) is 1.23. The zero-order chi connectivity index (χ0) is 21.0. The van der Waals surface area contributed by atoms with Crippen LogP contribution in [-0.4, -0.2) is 64.8 Å². The molecule has 0 aromatic heterocycles. The number of esters is 3. The average molecular weight is 407 g/mol. The molecule has 0 aliphatic carbocycles. The Morgan fingerprint density at radius 3 is 1.19 bits per heavy atom. The van der Waals surface area contributed by atoms with Crippen LogP contribution in [0.25, 0.3) is 0 Å². The van der Waals surface area contributed by atoms with Crippen molar-refractivity contribution in [1.82, 2.24) is 0 Å². The molecule has 0 heterocycles. The quantitative estimate of drug-likeness (QED) is 0.256. The van der Waals surface area contributed by atoms with E-state index in [1.807, 2.05) is 0 Å². The van der Waals surface area contributed by atoms with Crippen molar-refractivity contribution in [3.8, 4) is 0 Å². The van der Waals surface area contributed by atoms with Gasteiger partial charge in [0.25, 0.3) is 0 Å². The van der Waals surface area contributed by atoms with Gasteiger partial charge in [-0.05, 0) is 47.2 Å². The van der Waals surface area contributed by atoms with Crippen LogP contribution in [-0.2, 0) is 41.9 Å². The molecular weight excluding hydrogens is 376 g/mol. The summed E-state index contributed by atoms with van der Waals surface area (Å²) < 4.78 is 31.8. The lowest BCUT2D eigenvalue weighted by Crippen LogP contribution is -2.54. The van der Waals surface area contributed by atoms with Gasteiger partial charge in [-0.2, -0.15) is 0 Å². The maximum absolute atomic E-state index is 11.9. The Balaban J connectivity index is 5.52. The third kappa shape index (κ3) is 8.65. The Kier molecular flexibility index (Phi) is 11.8. The van der Waals surface area contributed by atoms with Crippen molar-refractivity contribution in [3.05, 3.63) is 12.3 Å². The molecule has 0 saturated heterocycles. The standard InChI is InChI=1S/C17H30O9Si/c1-8-21-15(18)12(5)24-27(11-4,25-13(6)16(19)22-9-2)26-14(7)17(20)23-10-3/h11-14H,4,8-10H2,1-3,5-7H3. The highest BCUT2D eigenvalue weighted by atomic mass is 28.4. The molecule has 3 unspecified atom stereocenters. The van der Waals surface area contributed by atoms with Crippen LogP contribution in [0.1, 0.15) is 41.5 Å². The highest BCUT2D eigenvalue weighted by Gasteiger charge is 2.47. The van der Waals surface area contributed by atoms with Gasteiger partial charge in [0.05, 0.1) is 19.8 Å². The molecule has 0 bridgehead atoms. The van der Waals surface area contributed by atoms with Crippen LogP contribution < -0.4 is 0 Å². The minimum atomic E-state index is -3.87. The third-order valence-electron chi connectivity index (χ3n) is 3.13. The molecular formula is C17H30O9Si. The summed E-state index contributed by atoms with van der Waals surface area (Å²) in [5, 5.41) is 0. The largest absolute Gasteiger partial charge is 0.531 e. The van der Waals surface area contributed by atoms with E-state index in [1.54, 1.807) is 20.8 Å². The highest BCUT2D eigenvalue weighted by Crippen LogP contribution is 2.20. The molecule has 3 atom stereocenters. The molecule has 0 aliphatic rings. The lowest BCUT2D eigenvalue weighted by atomic mass is 10.4. The normalized spacial score (nSPS) is 16.4. The van der Waals surface area contributed by atoms with Crippen molar-refractivity contribution in [2.24, 2.45) is 0 Å². The highest BCUT2D eigenvalue weighted by molar-refractivity contribution is 6.66. The van der Waals surface area contributed by atoms with E-state index in [-0.39, 0.29) is 19.8 Å². The Hall–Kier alpha value is -1.75. The first-order valence-electron chi connectivity index (χ1n) is 8.83. The number of rotatable bonds is 13. The fourth-order valence-corrected chi connectivity index (χ4v) is 4.11. The van der Waals surface area contributed by atoms with E-state index >= 15 is 0 Å². The van der Waals surface area contributed by atoms with Gasteiger partial charge < -0.3 is 27.5 Å². The molecule has 27 heavy (non-hydrogen) atoms. The van der Waals surface area contributed by atoms with Gasteiger partial charge in [0.2, 0.25) is 0 Å². The van der Waals surface area contributed by atoms with Gasteiger partial charge in [-0.25, -0.2) is 14.4 Å². The first kappa shape index (κ1) is 25.2. The predicted octanol–water partition coefficient (Wildman–Crippen LogP) is 1.56. The fraction of sp³-hybridized carbons (Fsp3) is 0.706. The van der Waals surface area contributed by atoms with Crippen molar-refractivity contribution in [3.63, 3.8) is 0 Å². The number of hydrogen-bond donors (Lipinski definition) is 0. The molecule has 0 fully saturated rings. The number of hydrogen-bond acceptors (Lipinski definition) is 9. The molecule has 0 aliphatic heterocycles. The topological polar surface area (TPSA) is 107 Å². The van der Waals surface area contributed by atoms with Gasteiger partial charge in [0.1, 0.15) is 18.3 Å². The summed E-state index contributed by atoms with van der Waals surface area (Å²) in [4.78, 5) is 35.8. The zero-order valence-electron chi connectivity index (χ0n) is 16.8. The first-order valence-corrected chi connectivity index (χ1v) is 10.6. The minimum Gasteiger partial charge on any atom is -0.464 e. The van der Waals surface area contributed by atoms with E-state index in [0.29, 0.717) is 0 Å². The lowest BCUT2D eigenvalue weighted by Gasteiger charge is -2.32. The molecule has 0 N–H and O–H groups in total.